The highest BCUT2D eigenvalue weighted by molar-refractivity contribution is 5.48. The Hall–Kier alpha value is -1.02. The summed E-state index contributed by atoms with van der Waals surface area (Å²) < 4.78 is 0. The van der Waals surface area contributed by atoms with Gasteiger partial charge in [-0.2, -0.15) is 0 Å². The van der Waals surface area contributed by atoms with Crippen molar-refractivity contribution in [1.82, 2.24) is 4.90 Å². The first-order valence-corrected chi connectivity index (χ1v) is 6.80. The maximum Gasteiger partial charge on any atom is 0.0366 e. The van der Waals surface area contributed by atoms with E-state index in [-0.39, 0.29) is 0 Å². The summed E-state index contributed by atoms with van der Waals surface area (Å²) in [6, 6.07) is 8.99. The van der Waals surface area contributed by atoms with Crippen molar-refractivity contribution in [3.8, 4) is 0 Å². The molecule has 0 amide bonds. The van der Waals surface area contributed by atoms with E-state index in [1.165, 1.54) is 44.0 Å². The van der Waals surface area contributed by atoms with E-state index in [1.807, 2.05) is 0 Å². The van der Waals surface area contributed by atoms with Crippen molar-refractivity contribution in [3.63, 3.8) is 0 Å². The number of hydrogen-bond donors (Lipinski definition) is 0. The molecule has 17 heavy (non-hydrogen) atoms. The largest absolute Gasteiger partial charge is 0.371 e. The summed E-state index contributed by atoms with van der Waals surface area (Å²) in [7, 11) is 0. The Morgan fingerprint density at radius 2 is 1.59 bits per heavy atom. The number of fused-ring (bicyclic) bond motifs is 1. The van der Waals surface area contributed by atoms with E-state index >= 15 is 0 Å². The molecule has 1 aromatic carbocycles. The van der Waals surface area contributed by atoms with Gasteiger partial charge in [-0.25, -0.2) is 0 Å². The molecule has 0 bridgehead atoms. The lowest BCUT2D eigenvalue weighted by atomic mass is 10.0. The molecule has 2 aliphatic rings. The average molecular weight is 230 g/mol. The van der Waals surface area contributed by atoms with Gasteiger partial charge in [-0.1, -0.05) is 24.6 Å². The fourth-order valence-electron chi connectivity index (χ4n) is 3.31. The molecule has 2 saturated heterocycles. The smallest absolute Gasteiger partial charge is 0.0366 e. The molecule has 2 aliphatic heterocycles. The van der Waals surface area contributed by atoms with Crippen molar-refractivity contribution in [3.05, 3.63) is 29.8 Å². The minimum absolute atomic E-state index is 0.899. The van der Waals surface area contributed by atoms with Crippen LogP contribution in [0.2, 0.25) is 0 Å². The van der Waals surface area contributed by atoms with Crippen LogP contribution in [0, 0.1) is 18.8 Å². The predicted molar refractivity (Wildman–Crippen MR) is 72.5 cm³/mol. The second-order valence-electron chi connectivity index (χ2n) is 5.61. The van der Waals surface area contributed by atoms with Gasteiger partial charge < -0.3 is 9.80 Å². The zero-order chi connectivity index (χ0) is 11.8. The molecule has 0 aliphatic carbocycles. The molecule has 92 valence electrons. The van der Waals surface area contributed by atoms with E-state index in [0.717, 1.165) is 11.8 Å². The summed E-state index contributed by atoms with van der Waals surface area (Å²) in [6.45, 7) is 10.8. The first kappa shape index (κ1) is 11.1. The van der Waals surface area contributed by atoms with Gasteiger partial charge in [0.2, 0.25) is 0 Å². The molecule has 0 radical (unpaired) electrons. The zero-order valence-corrected chi connectivity index (χ0v) is 10.9. The molecule has 0 saturated carbocycles. The van der Waals surface area contributed by atoms with Gasteiger partial charge in [-0.15, -0.1) is 0 Å². The predicted octanol–water partition coefficient (Wildman–Crippen LogP) is 2.38. The van der Waals surface area contributed by atoms with E-state index in [4.69, 9.17) is 0 Å². The van der Waals surface area contributed by atoms with Gasteiger partial charge in [0.1, 0.15) is 0 Å². The van der Waals surface area contributed by atoms with Crippen LogP contribution < -0.4 is 4.90 Å². The number of likely N-dealkylation sites (tertiary alicyclic amines) is 1. The van der Waals surface area contributed by atoms with Gasteiger partial charge in [0.15, 0.2) is 0 Å². The van der Waals surface area contributed by atoms with Crippen LogP contribution >= 0.6 is 0 Å². The van der Waals surface area contributed by atoms with Gasteiger partial charge in [0, 0.05) is 31.9 Å². The van der Waals surface area contributed by atoms with Crippen molar-refractivity contribution in [1.29, 1.82) is 0 Å². The van der Waals surface area contributed by atoms with E-state index in [0.29, 0.717) is 0 Å². The van der Waals surface area contributed by atoms with E-state index in [2.05, 4.69) is 47.9 Å². The summed E-state index contributed by atoms with van der Waals surface area (Å²) in [5.74, 6) is 1.80. The SMILES string of the molecule is CCN1CC2CN(c3ccc(C)cc3)CC2C1. The van der Waals surface area contributed by atoms with Crippen LogP contribution in [0.4, 0.5) is 5.69 Å². The average Bonchev–Trinajstić information content (AvgIpc) is 2.87. The lowest BCUT2D eigenvalue weighted by Gasteiger charge is -2.22. The Labute approximate surface area is 104 Å². The Morgan fingerprint density at radius 1 is 1.00 bits per heavy atom. The van der Waals surface area contributed by atoms with Gasteiger partial charge >= 0.3 is 0 Å². The number of nitrogens with zero attached hydrogens (tertiary/aromatic N) is 2. The Morgan fingerprint density at radius 3 is 2.12 bits per heavy atom. The third-order valence-corrected chi connectivity index (χ3v) is 4.41. The molecular formula is C15H22N2. The monoisotopic (exact) mass is 230 g/mol. The molecule has 1 aromatic rings. The van der Waals surface area contributed by atoms with Gasteiger partial charge in [-0.3, -0.25) is 0 Å². The molecule has 0 spiro atoms. The van der Waals surface area contributed by atoms with Crippen molar-refractivity contribution in [2.24, 2.45) is 11.8 Å². The van der Waals surface area contributed by atoms with Gasteiger partial charge in [0.25, 0.3) is 0 Å². The highest BCUT2D eigenvalue weighted by atomic mass is 15.2. The molecule has 2 unspecified atom stereocenters. The lowest BCUT2D eigenvalue weighted by molar-refractivity contribution is 0.334. The van der Waals surface area contributed by atoms with Crippen LogP contribution in [0.3, 0.4) is 0 Å². The number of rotatable bonds is 2. The fourth-order valence-corrected chi connectivity index (χ4v) is 3.31. The molecule has 2 atom stereocenters. The first-order chi connectivity index (χ1) is 8.26. The zero-order valence-electron chi connectivity index (χ0n) is 10.9. The van der Waals surface area contributed by atoms with Crippen molar-refractivity contribution >= 4 is 5.69 Å². The highest BCUT2D eigenvalue weighted by Crippen LogP contribution is 2.33. The Kier molecular flexibility index (Phi) is 2.83. The normalized spacial score (nSPS) is 28.7. The van der Waals surface area contributed by atoms with Crippen molar-refractivity contribution in [2.45, 2.75) is 13.8 Å². The summed E-state index contributed by atoms with van der Waals surface area (Å²) in [5.41, 5.74) is 2.76. The second-order valence-corrected chi connectivity index (χ2v) is 5.61. The quantitative estimate of drug-likeness (QED) is 0.769. The summed E-state index contributed by atoms with van der Waals surface area (Å²) >= 11 is 0. The van der Waals surface area contributed by atoms with Crippen LogP contribution in [-0.2, 0) is 0 Å². The Balaban J connectivity index is 1.68. The standard InChI is InChI=1S/C15H22N2/c1-3-16-8-13-10-17(11-14(13)9-16)15-6-4-12(2)5-7-15/h4-7,13-14H,3,8-11H2,1-2H3. The van der Waals surface area contributed by atoms with E-state index < -0.39 is 0 Å². The summed E-state index contributed by atoms with van der Waals surface area (Å²) in [6.07, 6.45) is 0. The molecule has 3 rings (SSSR count). The number of benzene rings is 1. The highest BCUT2D eigenvalue weighted by Gasteiger charge is 2.39. The van der Waals surface area contributed by atoms with Crippen LogP contribution in [0.5, 0.6) is 0 Å². The molecule has 0 aromatic heterocycles. The number of aryl methyl sites for hydroxylation is 1. The third kappa shape index (κ3) is 2.06. The Bertz CT molecular complexity index is 370. The van der Waals surface area contributed by atoms with Crippen LogP contribution in [0.15, 0.2) is 24.3 Å². The second kappa shape index (κ2) is 4.34. The lowest BCUT2D eigenvalue weighted by Crippen LogP contribution is -2.28. The molecular weight excluding hydrogens is 208 g/mol. The van der Waals surface area contributed by atoms with Crippen molar-refractivity contribution in [2.75, 3.05) is 37.6 Å². The summed E-state index contributed by atoms with van der Waals surface area (Å²) in [5, 5.41) is 0. The van der Waals surface area contributed by atoms with E-state index in [1.54, 1.807) is 0 Å². The number of anilines is 1. The third-order valence-electron chi connectivity index (χ3n) is 4.41. The maximum atomic E-state index is 2.60. The molecule has 2 fully saturated rings. The maximum absolute atomic E-state index is 2.60. The van der Waals surface area contributed by atoms with Crippen LogP contribution in [0.25, 0.3) is 0 Å². The summed E-state index contributed by atoms with van der Waals surface area (Å²) in [4.78, 5) is 5.17. The van der Waals surface area contributed by atoms with Crippen LogP contribution in [0.1, 0.15) is 12.5 Å². The fraction of sp³-hybridized carbons (Fsp3) is 0.600. The molecule has 2 nitrogen and oxygen atoms in total. The van der Waals surface area contributed by atoms with E-state index in [9.17, 15) is 0 Å². The van der Waals surface area contributed by atoms with Gasteiger partial charge in [-0.05, 0) is 37.4 Å². The van der Waals surface area contributed by atoms with Crippen molar-refractivity contribution < 1.29 is 0 Å². The first-order valence-electron chi connectivity index (χ1n) is 6.80. The topological polar surface area (TPSA) is 6.48 Å². The number of hydrogen-bond acceptors (Lipinski definition) is 2. The minimum Gasteiger partial charge on any atom is -0.371 e. The molecule has 2 heterocycles. The van der Waals surface area contributed by atoms with Gasteiger partial charge in [0.05, 0.1) is 0 Å². The molecule has 0 N–H and O–H groups in total. The molecule has 2 heteroatoms. The minimum atomic E-state index is 0.899. The van der Waals surface area contributed by atoms with Crippen LogP contribution in [-0.4, -0.2) is 37.6 Å².